The number of carboxylic acid groups (broad SMARTS) is 2. The number of carboxylic acids is 2. The Morgan fingerprint density at radius 3 is 1.33 bits per heavy atom. The first-order valence-electron chi connectivity index (χ1n) is 5.71. The number of carbonyl (C=O) groups is 4. The van der Waals surface area contributed by atoms with Crippen molar-refractivity contribution in [2.75, 3.05) is 14.2 Å². The first-order valence-corrected chi connectivity index (χ1v) is 9.00. The van der Waals surface area contributed by atoms with E-state index in [0.29, 0.717) is 12.2 Å². The smallest absolute Gasteiger partial charge is 0.328 e. The molecule has 9 heteroatoms. The van der Waals surface area contributed by atoms with E-state index in [1.165, 1.54) is 14.2 Å². The molecule has 21 heavy (non-hydrogen) atoms. The molecule has 2 unspecified atom stereocenters. The van der Waals surface area contributed by atoms with Gasteiger partial charge in [0.25, 0.3) is 0 Å². The predicted molar refractivity (Wildman–Crippen MR) is 73.0 cm³/mol. The van der Waals surface area contributed by atoms with E-state index in [-0.39, 0.29) is 19.8 Å². The number of carbonyl (C=O) groups excluding carboxylic acids is 2. The van der Waals surface area contributed by atoms with Gasteiger partial charge >= 0.3 is 100 Å². The fraction of sp³-hybridized carbons (Fsp3) is 0.500. The second-order valence-electron chi connectivity index (χ2n) is 3.67. The molecule has 0 heterocycles. The van der Waals surface area contributed by atoms with Crippen LogP contribution in [0, 0.1) is 0 Å². The number of hydrogen-bond acceptors (Lipinski definition) is 6. The average molecular weight is 409 g/mol. The molecule has 2 radical (unpaired) electrons. The molecule has 0 aliphatic heterocycles. The average Bonchev–Trinajstić information content (AvgIpc) is 2.43. The van der Waals surface area contributed by atoms with Crippen LogP contribution in [0.1, 0.15) is 13.8 Å². The zero-order valence-electron chi connectivity index (χ0n) is 12.2. The molecule has 118 valence electrons. The number of hydrogen-bond donors (Lipinski definition) is 2. The van der Waals surface area contributed by atoms with Crippen LogP contribution in [0.25, 0.3) is 0 Å². The quantitative estimate of drug-likeness (QED) is 0.366. The Bertz CT molecular complexity index is 368. The van der Waals surface area contributed by atoms with Crippen molar-refractivity contribution in [2.24, 2.45) is 0 Å². The zero-order chi connectivity index (χ0) is 17.0. The fourth-order valence-corrected chi connectivity index (χ4v) is 4.60. The number of ether oxygens (including phenoxy) is 2. The summed E-state index contributed by atoms with van der Waals surface area (Å²) < 4.78 is 8.97. The molecule has 0 aliphatic carbocycles. The van der Waals surface area contributed by atoms with E-state index in [0.717, 1.165) is 0 Å². The predicted octanol–water partition coefficient (Wildman–Crippen LogP) is 0.365. The number of esters is 2. The van der Waals surface area contributed by atoms with Crippen molar-refractivity contribution in [1.29, 1.82) is 0 Å². The van der Waals surface area contributed by atoms with Gasteiger partial charge in [-0.3, -0.25) is 0 Å². The summed E-state index contributed by atoms with van der Waals surface area (Å²) in [5, 5.41) is 15.6. The van der Waals surface area contributed by atoms with Crippen LogP contribution in [-0.2, 0) is 28.7 Å². The van der Waals surface area contributed by atoms with Crippen LogP contribution in [0.3, 0.4) is 0 Å². The number of methoxy groups -OCH3 is 2. The van der Waals surface area contributed by atoms with Crippen molar-refractivity contribution >= 4 is 45.0 Å². The molecule has 0 bridgehead atoms. The summed E-state index contributed by atoms with van der Waals surface area (Å²) in [4.78, 5) is 41.2. The maximum atomic E-state index is 11.0. The van der Waals surface area contributed by atoms with Gasteiger partial charge in [-0.15, -0.1) is 0 Å². The summed E-state index contributed by atoms with van der Waals surface area (Å²) >= 11 is -1.09. The van der Waals surface area contributed by atoms with Crippen molar-refractivity contribution < 1.29 is 38.9 Å². The van der Waals surface area contributed by atoms with E-state index in [4.69, 9.17) is 10.2 Å². The topological polar surface area (TPSA) is 127 Å². The van der Waals surface area contributed by atoms with E-state index in [9.17, 15) is 19.2 Å². The molecule has 2 N–H and O–H groups in total. The Hall–Kier alpha value is -1.58. The molecule has 0 aromatic carbocycles. The molecule has 0 aromatic heterocycles. The van der Waals surface area contributed by atoms with Crippen molar-refractivity contribution in [2.45, 2.75) is 21.7 Å². The molecule has 8 nitrogen and oxygen atoms in total. The van der Waals surface area contributed by atoms with Crippen LogP contribution in [-0.4, -0.2) is 69.5 Å². The molecule has 0 saturated carbocycles. The third kappa shape index (κ3) is 13.2. The van der Waals surface area contributed by atoms with E-state index >= 15 is 0 Å². The number of rotatable bonds is 6. The normalized spacial score (nSPS) is 12.6. The van der Waals surface area contributed by atoms with Crippen LogP contribution < -0.4 is 0 Å². The molecule has 0 aliphatic rings. The Labute approximate surface area is 132 Å². The molecule has 0 fully saturated rings. The van der Waals surface area contributed by atoms with Crippen molar-refractivity contribution in [3.05, 3.63) is 12.2 Å². The largest absolute Gasteiger partial charge is 0.478 e. The van der Waals surface area contributed by atoms with Crippen LogP contribution in [0.2, 0.25) is 7.87 Å². The monoisotopic (exact) mass is 410 g/mol. The Balaban J connectivity index is 0. The summed E-state index contributed by atoms with van der Waals surface area (Å²) in [5.41, 5.74) is 0. The Morgan fingerprint density at radius 2 is 1.14 bits per heavy atom. The molecule has 0 saturated heterocycles. The van der Waals surface area contributed by atoms with Gasteiger partial charge in [-0.05, 0) is 0 Å². The molecule has 0 amide bonds. The van der Waals surface area contributed by atoms with Crippen LogP contribution in [0.4, 0.5) is 0 Å². The summed E-state index contributed by atoms with van der Waals surface area (Å²) in [5.74, 6) is -2.95. The molecule has 0 aromatic rings. The summed E-state index contributed by atoms with van der Waals surface area (Å²) in [7, 11) is 2.72. The maximum absolute atomic E-state index is 11.0. The third-order valence-electron chi connectivity index (χ3n) is 1.98. The minimum absolute atomic E-state index is 0.0947. The fourth-order valence-electron chi connectivity index (χ4n) is 1.01. The van der Waals surface area contributed by atoms with Gasteiger partial charge in [0.15, 0.2) is 0 Å². The minimum Gasteiger partial charge on any atom is -0.478 e. The van der Waals surface area contributed by atoms with Gasteiger partial charge in [0, 0.05) is 12.2 Å². The van der Waals surface area contributed by atoms with Crippen LogP contribution in [0.15, 0.2) is 12.2 Å². The van der Waals surface area contributed by atoms with Gasteiger partial charge in [-0.25, -0.2) is 9.59 Å². The minimum atomic E-state index is -1.26. The van der Waals surface area contributed by atoms with Gasteiger partial charge in [-0.2, -0.15) is 0 Å². The molecule has 0 spiro atoms. The van der Waals surface area contributed by atoms with Gasteiger partial charge < -0.3 is 10.2 Å². The zero-order valence-corrected chi connectivity index (χ0v) is 15.0. The van der Waals surface area contributed by atoms with Gasteiger partial charge in [0.1, 0.15) is 0 Å². The molecule has 2 atom stereocenters. The van der Waals surface area contributed by atoms with Gasteiger partial charge in [0.05, 0.1) is 0 Å². The van der Waals surface area contributed by atoms with Crippen molar-refractivity contribution in [3.8, 4) is 0 Å². The standard InChI is InChI=1S/C4H4O4.2C4H7O2.Sn/c5-3(6)1-2-4(7)8;2*1-3-4(5)6-2;/h1-2H,(H,5,6)(H,7,8);2*3H,1-2H3;. The summed E-state index contributed by atoms with van der Waals surface area (Å²) in [6.45, 7) is 3.61. The van der Waals surface area contributed by atoms with Gasteiger partial charge in [-0.1, -0.05) is 0 Å². The van der Waals surface area contributed by atoms with Gasteiger partial charge in [0.2, 0.25) is 0 Å². The molecule has 0 rings (SSSR count). The van der Waals surface area contributed by atoms with E-state index in [1.54, 1.807) is 13.8 Å². The van der Waals surface area contributed by atoms with Crippen LogP contribution >= 0.6 is 0 Å². The second-order valence-corrected chi connectivity index (χ2v) is 9.56. The Kier molecular flexibility index (Phi) is 12.6. The molecular weight excluding hydrogens is 391 g/mol. The third-order valence-corrected chi connectivity index (χ3v) is 6.18. The van der Waals surface area contributed by atoms with Crippen molar-refractivity contribution in [3.63, 3.8) is 0 Å². The molecular formula is C12H18O8Sn. The first kappa shape index (κ1) is 21.7. The number of aliphatic carboxylic acids is 2. The first-order chi connectivity index (χ1) is 9.65. The van der Waals surface area contributed by atoms with E-state index in [2.05, 4.69) is 9.47 Å². The summed E-state index contributed by atoms with van der Waals surface area (Å²) in [6, 6.07) is 0. The van der Waals surface area contributed by atoms with Crippen molar-refractivity contribution in [1.82, 2.24) is 0 Å². The van der Waals surface area contributed by atoms with E-state index in [1.807, 2.05) is 0 Å². The SMILES string of the molecule is COC(=O)[CH](C)[Sn][CH](C)C(=O)OC.O=C(O)C=CC(=O)O. The second kappa shape index (κ2) is 12.2. The Morgan fingerprint density at radius 1 is 0.857 bits per heavy atom. The maximum Gasteiger partial charge on any atom is 0.328 e. The van der Waals surface area contributed by atoms with E-state index < -0.39 is 33.1 Å². The van der Waals surface area contributed by atoms with Crippen LogP contribution in [0.5, 0.6) is 0 Å². The summed E-state index contributed by atoms with van der Waals surface area (Å²) in [6.07, 6.45) is 1.12.